The number of aromatic nitrogens is 2. The lowest BCUT2D eigenvalue weighted by molar-refractivity contribution is 0.122. The van der Waals surface area contributed by atoms with E-state index in [2.05, 4.69) is 73.8 Å². The molecule has 0 spiro atoms. The van der Waals surface area contributed by atoms with Crippen LogP contribution in [0.25, 0.3) is 0 Å². The number of hydrazine groups is 1. The number of hydrogen-bond acceptors (Lipinski definition) is 7. The summed E-state index contributed by atoms with van der Waals surface area (Å²) in [5.41, 5.74) is 11.2. The van der Waals surface area contributed by atoms with Gasteiger partial charge in [-0.1, -0.05) is 38.7 Å². The molecule has 1 aromatic heterocycles. The molecule has 7 nitrogen and oxygen atoms in total. The molecule has 2 N–H and O–H groups in total. The number of nitrogens with one attached hydrogen (secondary N) is 2. The minimum Gasteiger partial charge on any atom is -0.378 e. The smallest absolute Gasteiger partial charge is 0.150 e. The van der Waals surface area contributed by atoms with Gasteiger partial charge in [0, 0.05) is 43.0 Å². The van der Waals surface area contributed by atoms with E-state index in [4.69, 9.17) is 14.7 Å². The van der Waals surface area contributed by atoms with E-state index in [-0.39, 0.29) is 6.04 Å². The maximum atomic E-state index is 9.50. The number of halogens is 1. The van der Waals surface area contributed by atoms with Crippen molar-refractivity contribution >= 4 is 26.3 Å². The molecule has 1 saturated carbocycles. The molecule has 0 bridgehead atoms. The summed E-state index contributed by atoms with van der Waals surface area (Å²) >= 11 is 0. The fraction of sp³-hybridized carbons (Fsp3) is 0.613. The Labute approximate surface area is 244 Å². The van der Waals surface area contributed by atoms with Crippen LogP contribution >= 0.6 is 9.24 Å². The average molecular weight is 573 g/mol. The predicted molar refractivity (Wildman–Crippen MR) is 171 cm³/mol. The Morgan fingerprint density at radius 1 is 1.12 bits per heavy atom. The number of benzene rings is 1. The zero-order chi connectivity index (χ0) is 29.3. The zero-order valence-corrected chi connectivity index (χ0v) is 26.5. The molecule has 0 radical (unpaired) electrons. The minimum absolute atomic E-state index is 0.0503. The zero-order valence-electron chi connectivity index (χ0n) is 25.3. The van der Waals surface area contributed by atoms with Gasteiger partial charge in [-0.15, -0.1) is 15.2 Å². The Hall–Kier alpha value is -2.46. The molecule has 2 heterocycles. The molecule has 0 amide bonds. The third-order valence-corrected chi connectivity index (χ3v) is 7.88. The van der Waals surface area contributed by atoms with E-state index in [0.717, 1.165) is 50.4 Å². The van der Waals surface area contributed by atoms with Crippen LogP contribution in [-0.2, 0) is 11.2 Å². The molecule has 222 valence electrons. The van der Waals surface area contributed by atoms with Crippen molar-refractivity contribution in [3.63, 3.8) is 0 Å². The summed E-state index contributed by atoms with van der Waals surface area (Å²) < 4.78 is 15.1. The number of nitrogens with zero attached hydrogens (tertiary/aromatic N) is 4. The van der Waals surface area contributed by atoms with Gasteiger partial charge in [0.15, 0.2) is 0 Å². The summed E-state index contributed by atoms with van der Waals surface area (Å²) in [7, 11) is 3.25. The molecule has 1 aliphatic carbocycles. The summed E-state index contributed by atoms with van der Waals surface area (Å²) in [5.74, 6) is 7.24. The first kappa shape index (κ1) is 33.7. The second-order valence-electron chi connectivity index (χ2n) is 9.77. The molecule has 2 fully saturated rings. The molecule has 1 aliphatic heterocycles. The first-order chi connectivity index (χ1) is 19.6. The molecule has 3 unspecified atom stereocenters. The van der Waals surface area contributed by atoms with Gasteiger partial charge in [0.25, 0.3) is 0 Å². The Balaban J connectivity index is 0.00000134. The maximum Gasteiger partial charge on any atom is 0.150 e. The number of anilines is 3. The number of rotatable bonds is 10. The lowest BCUT2D eigenvalue weighted by atomic mass is 10.0. The molecule has 2 aromatic rings. The van der Waals surface area contributed by atoms with Crippen LogP contribution in [0.15, 0.2) is 30.6 Å². The number of hydrogen-bond donors (Lipinski definition) is 2. The molecule has 2 aliphatic rings. The quantitative estimate of drug-likeness (QED) is 0.200. The van der Waals surface area contributed by atoms with Crippen LogP contribution in [-0.4, -0.2) is 61.7 Å². The average Bonchev–Trinajstić information content (AvgIpc) is 3.56. The fourth-order valence-corrected chi connectivity index (χ4v) is 5.17. The number of ether oxygens (including phenoxy) is 1. The molecule has 3 atom stereocenters. The van der Waals surface area contributed by atoms with Crippen molar-refractivity contribution in [1.29, 1.82) is 0 Å². The minimum atomic E-state index is 0.0503. The topological polar surface area (TPSA) is 65.6 Å². The molecule has 1 saturated heterocycles. The largest absolute Gasteiger partial charge is 0.378 e. The Morgan fingerprint density at radius 2 is 1.77 bits per heavy atom. The van der Waals surface area contributed by atoms with E-state index in [9.17, 15) is 4.39 Å². The molecule has 9 heteroatoms. The molecule has 40 heavy (non-hydrogen) atoms. The van der Waals surface area contributed by atoms with Crippen LogP contribution in [0.3, 0.4) is 0 Å². The van der Waals surface area contributed by atoms with Gasteiger partial charge in [-0.05, 0) is 57.5 Å². The molecule has 4 rings (SSSR count). The summed E-state index contributed by atoms with van der Waals surface area (Å²) in [6.45, 7) is 13.7. The first-order valence-electron chi connectivity index (χ1n) is 14.7. The van der Waals surface area contributed by atoms with E-state index < -0.39 is 0 Å². The molecular formula is C31H50FN6OP. The van der Waals surface area contributed by atoms with Crippen LogP contribution in [0.2, 0.25) is 0 Å². The van der Waals surface area contributed by atoms with Crippen LogP contribution in [0.4, 0.5) is 21.5 Å². The SMILES string of the molecule is CC.CC#CCc1ccc(N2CCOCC2)cc1N(C1CCCC1)C(C)c1ncc(NNC(C)CP)cn1.CF. The maximum absolute atomic E-state index is 9.50. The lowest BCUT2D eigenvalue weighted by Gasteiger charge is -2.38. The third-order valence-electron chi connectivity index (χ3n) is 7.18. The van der Waals surface area contributed by atoms with Crippen molar-refractivity contribution < 1.29 is 9.13 Å². The van der Waals surface area contributed by atoms with Gasteiger partial charge in [-0.25, -0.2) is 15.4 Å². The Kier molecular flexibility index (Phi) is 15.9. The van der Waals surface area contributed by atoms with Crippen molar-refractivity contribution in [1.82, 2.24) is 15.4 Å². The highest BCUT2D eigenvalue weighted by Crippen LogP contribution is 2.38. The van der Waals surface area contributed by atoms with Gasteiger partial charge in [0.1, 0.15) is 5.82 Å². The van der Waals surface area contributed by atoms with E-state index in [1.54, 1.807) is 0 Å². The van der Waals surface area contributed by atoms with Crippen molar-refractivity contribution in [3.8, 4) is 11.8 Å². The van der Waals surface area contributed by atoms with E-state index in [0.29, 0.717) is 19.3 Å². The van der Waals surface area contributed by atoms with E-state index in [1.165, 1.54) is 42.6 Å². The Bertz CT molecular complexity index is 1030. The second kappa shape index (κ2) is 18.8. The van der Waals surface area contributed by atoms with Gasteiger partial charge in [-0.3, -0.25) is 4.39 Å². The van der Waals surface area contributed by atoms with Crippen LogP contribution < -0.4 is 20.7 Å². The van der Waals surface area contributed by atoms with Crippen molar-refractivity contribution in [2.75, 3.05) is 54.9 Å². The monoisotopic (exact) mass is 572 g/mol. The van der Waals surface area contributed by atoms with E-state index >= 15 is 0 Å². The third kappa shape index (κ3) is 9.58. The molecule has 1 aromatic carbocycles. The first-order valence-corrected chi connectivity index (χ1v) is 15.5. The highest BCUT2D eigenvalue weighted by Gasteiger charge is 2.31. The van der Waals surface area contributed by atoms with Gasteiger partial charge in [-0.2, -0.15) is 0 Å². The fourth-order valence-electron chi connectivity index (χ4n) is 5.06. The van der Waals surface area contributed by atoms with Crippen LogP contribution in [0.1, 0.15) is 77.7 Å². The second-order valence-corrected chi connectivity index (χ2v) is 10.2. The van der Waals surface area contributed by atoms with Gasteiger partial charge >= 0.3 is 0 Å². The number of alkyl halides is 1. The lowest BCUT2D eigenvalue weighted by Crippen LogP contribution is -2.38. The summed E-state index contributed by atoms with van der Waals surface area (Å²) in [6, 6.07) is 7.75. The normalized spacial score (nSPS) is 16.4. The van der Waals surface area contributed by atoms with Crippen molar-refractivity contribution in [2.24, 2.45) is 0 Å². The predicted octanol–water partition coefficient (Wildman–Crippen LogP) is 6.18. The van der Waals surface area contributed by atoms with Crippen molar-refractivity contribution in [3.05, 3.63) is 42.0 Å². The summed E-state index contributed by atoms with van der Waals surface area (Å²) in [4.78, 5) is 14.6. The van der Waals surface area contributed by atoms with E-state index in [1.807, 2.05) is 33.2 Å². The number of morpholine rings is 1. The van der Waals surface area contributed by atoms with Gasteiger partial charge in [0.2, 0.25) is 0 Å². The van der Waals surface area contributed by atoms with Gasteiger partial charge < -0.3 is 20.0 Å². The van der Waals surface area contributed by atoms with Crippen LogP contribution in [0.5, 0.6) is 0 Å². The highest BCUT2D eigenvalue weighted by molar-refractivity contribution is 7.16. The highest BCUT2D eigenvalue weighted by atomic mass is 31.0. The molecular weight excluding hydrogens is 522 g/mol. The standard InChI is InChI=1S/C28H41N6OP.C2H6.CH3F/c1-4-5-8-23-11-12-26(33-13-15-35-16-14-33)17-27(23)34(25-9-6-7-10-25)22(3)28-29-18-24(19-30-28)32-31-21(2)20-36;2*1-2/h11-12,17-19,21-22,25,31-32H,6-10,13-16,20,36H2,1-3H3;1-2H3;1H3. The summed E-state index contributed by atoms with van der Waals surface area (Å²) in [6.07, 6.45) is 10.4. The van der Waals surface area contributed by atoms with Gasteiger partial charge in [0.05, 0.1) is 44.5 Å². The van der Waals surface area contributed by atoms with Crippen molar-refractivity contribution in [2.45, 2.75) is 84.8 Å². The summed E-state index contributed by atoms with van der Waals surface area (Å²) in [5, 5.41) is 0. The van der Waals surface area contributed by atoms with Crippen LogP contribution in [0, 0.1) is 11.8 Å². The Morgan fingerprint density at radius 3 is 2.38 bits per heavy atom.